The summed E-state index contributed by atoms with van der Waals surface area (Å²) in [5.41, 5.74) is 1.18. The molecule has 0 aliphatic heterocycles. The highest BCUT2D eigenvalue weighted by Crippen LogP contribution is 2.26. The molecule has 0 saturated carbocycles. The van der Waals surface area contributed by atoms with Crippen molar-refractivity contribution in [3.8, 4) is 11.5 Å². The summed E-state index contributed by atoms with van der Waals surface area (Å²) in [6.07, 6.45) is 1.78. The molecule has 0 amide bonds. The van der Waals surface area contributed by atoms with Gasteiger partial charge >= 0.3 is 0 Å². The molecular formula is C22H18N2O. The van der Waals surface area contributed by atoms with Gasteiger partial charge in [0.15, 0.2) is 0 Å². The third-order valence-corrected chi connectivity index (χ3v) is 4.02. The Bertz CT molecular complexity index is 966. The summed E-state index contributed by atoms with van der Waals surface area (Å²) in [4.78, 5) is 4.26. The van der Waals surface area contributed by atoms with Gasteiger partial charge in [0.2, 0.25) is 0 Å². The van der Waals surface area contributed by atoms with Crippen molar-refractivity contribution in [1.29, 1.82) is 0 Å². The molecule has 0 spiro atoms. The van der Waals surface area contributed by atoms with Crippen LogP contribution in [0.3, 0.4) is 0 Å². The van der Waals surface area contributed by atoms with E-state index in [0.717, 1.165) is 23.9 Å². The van der Waals surface area contributed by atoms with Crippen LogP contribution in [-0.4, -0.2) is 4.98 Å². The summed E-state index contributed by atoms with van der Waals surface area (Å²) < 4.78 is 5.97. The number of nitrogens with one attached hydrogen (secondary N) is 1. The molecule has 0 aliphatic carbocycles. The van der Waals surface area contributed by atoms with Crippen LogP contribution in [0.1, 0.15) is 5.56 Å². The van der Waals surface area contributed by atoms with Crippen molar-refractivity contribution in [2.75, 3.05) is 5.32 Å². The van der Waals surface area contributed by atoms with Crippen molar-refractivity contribution in [3.05, 3.63) is 96.7 Å². The Morgan fingerprint density at radius 3 is 2.28 bits per heavy atom. The second-order valence-electron chi connectivity index (χ2n) is 5.82. The lowest BCUT2D eigenvalue weighted by Gasteiger charge is -2.09. The predicted molar refractivity (Wildman–Crippen MR) is 102 cm³/mol. The van der Waals surface area contributed by atoms with Gasteiger partial charge in [-0.2, -0.15) is 0 Å². The number of ether oxygens (including phenoxy) is 1. The van der Waals surface area contributed by atoms with Gasteiger partial charge in [-0.25, -0.2) is 4.98 Å². The van der Waals surface area contributed by atoms with E-state index in [2.05, 4.69) is 46.7 Å². The Hall–Kier alpha value is -3.33. The summed E-state index contributed by atoms with van der Waals surface area (Å²) in [7, 11) is 0. The van der Waals surface area contributed by atoms with E-state index in [1.807, 2.05) is 48.5 Å². The van der Waals surface area contributed by atoms with E-state index in [1.54, 1.807) is 6.20 Å². The molecular weight excluding hydrogens is 308 g/mol. The van der Waals surface area contributed by atoms with Gasteiger partial charge in [-0.3, -0.25) is 0 Å². The van der Waals surface area contributed by atoms with Crippen LogP contribution < -0.4 is 10.1 Å². The Kier molecular flexibility index (Phi) is 4.29. The van der Waals surface area contributed by atoms with Crippen LogP contribution in [0.25, 0.3) is 10.8 Å². The topological polar surface area (TPSA) is 34.1 Å². The van der Waals surface area contributed by atoms with E-state index < -0.39 is 0 Å². The van der Waals surface area contributed by atoms with Crippen LogP contribution in [0.15, 0.2) is 91.1 Å². The number of anilines is 1. The standard InChI is InChI=1S/C22H18N2O/c1-2-6-19-15-21(13-10-18(19)5-1)25-20-11-8-17(9-12-20)16-24-22-7-3-4-14-23-22/h1-15H,16H2,(H,23,24). The van der Waals surface area contributed by atoms with Gasteiger partial charge < -0.3 is 10.1 Å². The molecule has 1 aromatic heterocycles. The van der Waals surface area contributed by atoms with E-state index in [9.17, 15) is 0 Å². The number of hydrogen-bond acceptors (Lipinski definition) is 3. The van der Waals surface area contributed by atoms with Crippen LogP contribution in [0.4, 0.5) is 5.82 Å². The predicted octanol–water partition coefficient (Wildman–Crippen LogP) is 5.64. The quantitative estimate of drug-likeness (QED) is 0.515. The van der Waals surface area contributed by atoms with Gasteiger partial charge in [0, 0.05) is 12.7 Å². The van der Waals surface area contributed by atoms with Crippen molar-refractivity contribution in [3.63, 3.8) is 0 Å². The van der Waals surface area contributed by atoms with Crippen molar-refractivity contribution >= 4 is 16.6 Å². The van der Waals surface area contributed by atoms with Crippen molar-refractivity contribution in [2.45, 2.75) is 6.54 Å². The minimum Gasteiger partial charge on any atom is -0.457 e. The number of fused-ring (bicyclic) bond motifs is 1. The monoisotopic (exact) mass is 326 g/mol. The first-order chi connectivity index (χ1) is 12.4. The van der Waals surface area contributed by atoms with Crippen molar-refractivity contribution in [2.24, 2.45) is 0 Å². The molecule has 122 valence electrons. The molecule has 1 N–H and O–H groups in total. The van der Waals surface area contributed by atoms with Crippen LogP contribution in [-0.2, 0) is 6.54 Å². The zero-order valence-electron chi connectivity index (χ0n) is 13.7. The number of rotatable bonds is 5. The van der Waals surface area contributed by atoms with Crippen molar-refractivity contribution in [1.82, 2.24) is 4.98 Å². The zero-order valence-corrected chi connectivity index (χ0v) is 13.7. The molecule has 0 unspecified atom stereocenters. The maximum Gasteiger partial charge on any atom is 0.128 e. The number of nitrogens with zero attached hydrogens (tertiary/aromatic N) is 1. The summed E-state index contributed by atoms with van der Waals surface area (Å²) in [6.45, 7) is 0.729. The molecule has 0 atom stereocenters. The van der Waals surface area contributed by atoms with E-state index >= 15 is 0 Å². The number of benzene rings is 3. The van der Waals surface area contributed by atoms with Gasteiger partial charge in [-0.05, 0) is 52.7 Å². The van der Waals surface area contributed by atoms with E-state index in [4.69, 9.17) is 4.74 Å². The second-order valence-corrected chi connectivity index (χ2v) is 5.82. The van der Waals surface area contributed by atoms with E-state index in [1.165, 1.54) is 16.3 Å². The molecule has 0 bridgehead atoms. The fourth-order valence-electron chi connectivity index (χ4n) is 2.70. The maximum atomic E-state index is 5.97. The second kappa shape index (κ2) is 7.05. The maximum absolute atomic E-state index is 5.97. The number of pyridine rings is 1. The molecule has 3 aromatic carbocycles. The van der Waals surface area contributed by atoms with Gasteiger partial charge in [0.1, 0.15) is 17.3 Å². The molecule has 3 heteroatoms. The lowest BCUT2D eigenvalue weighted by molar-refractivity contribution is 0.483. The van der Waals surface area contributed by atoms with Crippen LogP contribution in [0.5, 0.6) is 11.5 Å². The summed E-state index contributed by atoms with van der Waals surface area (Å²) >= 11 is 0. The molecule has 4 rings (SSSR count). The Balaban J connectivity index is 1.42. The molecule has 0 radical (unpaired) electrons. The average Bonchev–Trinajstić information content (AvgIpc) is 2.68. The first kappa shape index (κ1) is 15.2. The van der Waals surface area contributed by atoms with Crippen LogP contribution in [0.2, 0.25) is 0 Å². The molecule has 0 fully saturated rings. The molecule has 3 nitrogen and oxygen atoms in total. The normalized spacial score (nSPS) is 10.6. The molecule has 25 heavy (non-hydrogen) atoms. The highest BCUT2D eigenvalue weighted by atomic mass is 16.5. The SMILES string of the molecule is c1ccc(NCc2ccc(Oc3ccc4ccccc4c3)cc2)nc1. The minimum absolute atomic E-state index is 0.729. The lowest BCUT2D eigenvalue weighted by atomic mass is 10.1. The summed E-state index contributed by atoms with van der Waals surface area (Å²) in [6, 6.07) is 28.3. The summed E-state index contributed by atoms with van der Waals surface area (Å²) in [5.74, 6) is 2.55. The van der Waals surface area contributed by atoms with Crippen LogP contribution >= 0.6 is 0 Å². The highest BCUT2D eigenvalue weighted by Gasteiger charge is 2.00. The number of aromatic nitrogens is 1. The third kappa shape index (κ3) is 3.78. The van der Waals surface area contributed by atoms with E-state index in [0.29, 0.717) is 0 Å². The van der Waals surface area contributed by atoms with Gasteiger partial charge in [-0.15, -0.1) is 0 Å². The molecule has 4 aromatic rings. The molecule has 0 saturated heterocycles. The first-order valence-corrected chi connectivity index (χ1v) is 8.27. The molecule has 0 aliphatic rings. The van der Waals surface area contributed by atoms with Crippen molar-refractivity contribution < 1.29 is 4.74 Å². The fourth-order valence-corrected chi connectivity index (χ4v) is 2.70. The minimum atomic E-state index is 0.729. The van der Waals surface area contributed by atoms with Gasteiger partial charge in [-0.1, -0.05) is 48.5 Å². The largest absolute Gasteiger partial charge is 0.457 e. The Morgan fingerprint density at radius 2 is 1.48 bits per heavy atom. The average molecular weight is 326 g/mol. The zero-order chi connectivity index (χ0) is 16.9. The number of hydrogen-bond donors (Lipinski definition) is 1. The third-order valence-electron chi connectivity index (χ3n) is 4.02. The summed E-state index contributed by atoms with van der Waals surface area (Å²) in [5, 5.41) is 5.69. The Morgan fingerprint density at radius 1 is 0.720 bits per heavy atom. The smallest absolute Gasteiger partial charge is 0.128 e. The van der Waals surface area contributed by atoms with Gasteiger partial charge in [0.05, 0.1) is 0 Å². The lowest BCUT2D eigenvalue weighted by Crippen LogP contribution is -2.00. The fraction of sp³-hybridized carbons (Fsp3) is 0.0455. The molecule has 1 heterocycles. The first-order valence-electron chi connectivity index (χ1n) is 8.27. The van der Waals surface area contributed by atoms with Crippen LogP contribution in [0, 0.1) is 0 Å². The highest BCUT2D eigenvalue weighted by molar-refractivity contribution is 5.83. The van der Waals surface area contributed by atoms with Gasteiger partial charge in [0.25, 0.3) is 0 Å². The Labute approximate surface area is 146 Å². The van der Waals surface area contributed by atoms with E-state index in [-0.39, 0.29) is 0 Å².